The van der Waals surface area contributed by atoms with Crippen LogP contribution in [-0.2, 0) is 9.59 Å². The molecule has 0 saturated heterocycles. The molecule has 0 spiro atoms. The minimum atomic E-state index is -1.14. The number of carbonyl (C=O) groups is 2. The molecule has 2 unspecified atom stereocenters. The van der Waals surface area contributed by atoms with Crippen molar-refractivity contribution in [2.24, 2.45) is 16.1 Å². The highest BCUT2D eigenvalue weighted by molar-refractivity contribution is 5.88. The molecule has 0 aliphatic heterocycles. The lowest BCUT2D eigenvalue weighted by molar-refractivity contribution is -0.127. The van der Waals surface area contributed by atoms with Crippen LogP contribution in [0.25, 0.3) is 0 Å². The molecule has 7 nitrogen and oxygen atoms in total. The molecule has 0 aromatic carbocycles. The molecule has 0 heterocycles. The van der Waals surface area contributed by atoms with Crippen LogP contribution in [0.5, 0.6) is 0 Å². The van der Waals surface area contributed by atoms with Crippen molar-refractivity contribution in [2.75, 3.05) is 13.2 Å². The Balaban J connectivity index is 4.98. The second-order valence-corrected chi connectivity index (χ2v) is 7.16. The van der Waals surface area contributed by atoms with E-state index in [4.69, 9.17) is 5.11 Å². The van der Waals surface area contributed by atoms with E-state index in [9.17, 15) is 14.7 Å². The molecule has 0 saturated carbocycles. The first-order chi connectivity index (χ1) is 11.0. The van der Waals surface area contributed by atoms with Gasteiger partial charge in [-0.05, 0) is 40.0 Å². The zero-order valence-electron chi connectivity index (χ0n) is 15.8. The van der Waals surface area contributed by atoms with Crippen LogP contribution in [0, 0.1) is 5.92 Å². The van der Waals surface area contributed by atoms with E-state index in [0.717, 1.165) is 0 Å². The van der Waals surface area contributed by atoms with E-state index < -0.39 is 11.1 Å². The lowest BCUT2D eigenvalue weighted by atomic mass is 9.90. The number of amides is 1. The van der Waals surface area contributed by atoms with Crippen molar-refractivity contribution >= 4 is 11.7 Å². The van der Waals surface area contributed by atoms with Gasteiger partial charge in [0.2, 0.25) is 5.91 Å². The number of Topliss-reactive ketones (excluding diaryl/α,β-unsaturated/α-hetero) is 1. The molecule has 2 atom stereocenters. The standard InChI is InChI=1S/C17H33N3O4/c1-7-12(10-21)9-14(23)16(3,4)19-20-17(5,6)15(24)18-13(8-2)11-22/h12-13,21-22H,7-11H2,1-6H3,(H,18,24). The van der Waals surface area contributed by atoms with E-state index in [1.165, 1.54) is 0 Å². The zero-order valence-corrected chi connectivity index (χ0v) is 15.8. The zero-order chi connectivity index (χ0) is 19.0. The number of nitrogens with zero attached hydrogens (tertiary/aromatic N) is 2. The summed E-state index contributed by atoms with van der Waals surface area (Å²) >= 11 is 0. The number of carbonyl (C=O) groups excluding carboxylic acids is 2. The predicted molar refractivity (Wildman–Crippen MR) is 92.8 cm³/mol. The first-order valence-corrected chi connectivity index (χ1v) is 8.54. The molecule has 0 aliphatic rings. The molecule has 3 N–H and O–H groups in total. The van der Waals surface area contributed by atoms with E-state index >= 15 is 0 Å². The van der Waals surface area contributed by atoms with Crippen molar-refractivity contribution in [1.29, 1.82) is 0 Å². The summed E-state index contributed by atoms with van der Waals surface area (Å²) in [6.45, 7) is 10.1. The smallest absolute Gasteiger partial charge is 0.249 e. The molecule has 0 radical (unpaired) electrons. The Morgan fingerprint density at radius 3 is 1.92 bits per heavy atom. The maximum absolute atomic E-state index is 12.4. The van der Waals surface area contributed by atoms with Crippen LogP contribution in [0.3, 0.4) is 0 Å². The maximum Gasteiger partial charge on any atom is 0.249 e. The number of nitrogens with one attached hydrogen (secondary N) is 1. The predicted octanol–water partition coefficient (Wildman–Crippen LogP) is 1.86. The van der Waals surface area contributed by atoms with Gasteiger partial charge in [0.05, 0.1) is 12.6 Å². The Morgan fingerprint density at radius 1 is 0.958 bits per heavy atom. The molecule has 0 bridgehead atoms. The quantitative estimate of drug-likeness (QED) is 0.497. The minimum absolute atomic E-state index is 0.0388. The first kappa shape index (κ1) is 22.7. The lowest BCUT2D eigenvalue weighted by Crippen LogP contribution is -2.47. The van der Waals surface area contributed by atoms with Gasteiger partial charge in [-0.15, -0.1) is 0 Å². The summed E-state index contributed by atoms with van der Waals surface area (Å²) in [6, 6.07) is -0.323. The van der Waals surface area contributed by atoms with Gasteiger partial charge in [-0.2, -0.15) is 10.2 Å². The number of ketones is 1. The van der Waals surface area contributed by atoms with Crippen molar-refractivity contribution in [3.8, 4) is 0 Å². The third-order valence-electron chi connectivity index (χ3n) is 4.15. The average molecular weight is 343 g/mol. The highest BCUT2D eigenvalue weighted by Gasteiger charge is 2.33. The van der Waals surface area contributed by atoms with Crippen LogP contribution in [0.1, 0.15) is 60.8 Å². The summed E-state index contributed by atoms with van der Waals surface area (Å²) in [5, 5.41) is 29.3. The number of hydrogen-bond acceptors (Lipinski definition) is 6. The highest BCUT2D eigenvalue weighted by atomic mass is 16.3. The van der Waals surface area contributed by atoms with Crippen molar-refractivity contribution in [1.82, 2.24) is 5.32 Å². The molecule has 0 aromatic heterocycles. The van der Waals surface area contributed by atoms with Crippen LogP contribution >= 0.6 is 0 Å². The van der Waals surface area contributed by atoms with Gasteiger partial charge in [0, 0.05) is 13.0 Å². The average Bonchev–Trinajstić information content (AvgIpc) is 2.55. The maximum atomic E-state index is 12.4. The molecule has 0 fully saturated rings. The fourth-order valence-corrected chi connectivity index (χ4v) is 1.84. The van der Waals surface area contributed by atoms with E-state index in [0.29, 0.717) is 12.8 Å². The molecular weight excluding hydrogens is 310 g/mol. The summed E-state index contributed by atoms with van der Waals surface area (Å²) in [5.41, 5.74) is -2.19. The fourth-order valence-electron chi connectivity index (χ4n) is 1.84. The molecule has 0 aliphatic carbocycles. The Kier molecular flexibility index (Phi) is 9.29. The SMILES string of the molecule is CCC(CO)CC(=O)C(C)(C)N=NC(C)(C)C(=O)NC(CC)CO. The van der Waals surface area contributed by atoms with E-state index in [1.54, 1.807) is 27.7 Å². The fraction of sp³-hybridized carbons (Fsp3) is 0.882. The normalized spacial score (nSPS) is 15.3. The van der Waals surface area contributed by atoms with Gasteiger partial charge in [-0.3, -0.25) is 9.59 Å². The topological polar surface area (TPSA) is 111 Å². The second kappa shape index (κ2) is 9.84. The van der Waals surface area contributed by atoms with Crippen LogP contribution < -0.4 is 5.32 Å². The number of hydrogen-bond donors (Lipinski definition) is 3. The second-order valence-electron chi connectivity index (χ2n) is 7.16. The molecule has 0 rings (SSSR count). The number of aliphatic hydroxyl groups is 2. The van der Waals surface area contributed by atoms with Gasteiger partial charge in [0.25, 0.3) is 0 Å². The third kappa shape index (κ3) is 7.05. The molecule has 1 amide bonds. The van der Waals surface area contributed by atoms with Crippen molar-refractivity contribution in [3.05, 3.63) is 0 Å². The molecule has 0 aromatic rings. The summed E-state index contributed by atoms with van der Waals surface area (Å²) in [6.07, 6.45) is 1.55. The van der Waals surface area contributed by atoms with Gasteiger partial charge in [-0.1, -0.05) is 20.3 Å². The Morgan fingerprint density at radius 2 is 1.50 bits per heavy atom. The van der Waals surface area contributed by atoms with Crippen LogP contribution in [0.15, 0.2) is 10.2 Å². The first-order valence-electron chi connectivity index (χ1n) is 8.54. The lowest BCUT2D eigenvalue weighted by Gasteiger charge is -2.24. The number of aliphatic hydroxyl groups excluding tert-OH is 2. The summed E-state index contributed by atoms with van der Waals surface area (Å²) in [4.78, 5) is 24.6. The Labute approximate surface area is 144 Å². The highest BCUT2D eigenvalue weighted by Crippen LogP contribution is 2.21. The van der Waals surface area contributed by atoms with Crippen LogP contribution in [-0.4, -0.2) is 52.2 Å². The van der Waals surface area contributed by atoms with E-state index in [1.807, 2.05) is 13.8 Å². The summed E-state index contributed by atoms with van der Waals surface area (Å²) < 4.78 is 0. The minimum Gasteiger partial charge on any atom is -0.396 e. The Hall–Kier alpha value is -1.34. The number of azo groups is 1. The molecular formula is C17H33N3O4. The van der Waals surface area contributed by atoms with Gasteiger partial charge in [-0.25, -0.2) is 0 Å². The molecule has 140 valence electrons. The molecule has 7 heteroatoms. The Bertz CT molecular complexity index is 399. The van der Waals surface area contributed by atoms with Gasteiger partial charge >= 0.3 is 0 Å². The van der Waals surface area contributed by atoms with E-state index in [-0.39, 0.29) is 43.3 Å². The van der Waals surface area contributed by atoms with Crippen LogP contribution in [0.2, 0.25) is 0 Å². The molecule has 24 heavy (non-hydrogen) atoms. The number of rotatable bonds is 11. The van der Waals surface area contributed by atoms with Gasteiger partial charge < -0.3 is 15.5 Å². The third-order valence-corrected chi connectivity index (χ3v) is 4.15. The van der Waals surface area contributed by atoms with Gasteiger partial charge in [0.1, 0.15) is 5.54 Å². The summed E-state index contributed by atoms with van der Waals surface area (Å²) in [5.74, 6) is -0.555. The monoisotopic (exact) mass is 343 g/mol. The largest absolute Gasteiger partial charge is 0.396 e. The van der Waals surface area contributed by atoms with Crippen molar-refractivity contribution in [3.63, 3.8) is 0 Å². The summed E-state index contributed by atoms with van der Waals surface area (Å²) in [7, 11) is 0. The van der Waals surface area contributed by atoms with E-state index in [2.05, 4.69) is 15.5 Å². The van der Waals surface area contributed by atoms with Crippen molar-refractivity contribution < 1.29 is 19.8 Å². The van der Waals surface area contributed by atoms with Crippen LogP contribution in [0.4, 0.5) is 0 Å². The van der Waals surface area contributed by atoms with Crippen molar-refractivity contribution in [2.45, 2.75) is 77.9 Å². The van der Waals surface area contributed by atoms with Gasteiger partial charge in [0.15, 0.2) is 11.3 Å².